The van der Waals surface area contributed by atoms with Gasteiger partial charge in [0.25, 0.3) is 0 Å². The number of hydrogen-bond acceptors (Lipinski definition) is 5. The number of ether oxygens (including phenoxy) is 1. The van der Waals surface area contributed by atoms with Crippen LogP contribution in [-0.4, -0.2) is 48.1 Å². The van der Waals surface area contributed by atoms with Crippen LogP contribution in [0.1, 0.15) is 37.7 Å². The van der Waals surface area contributed by atoms with E-state index < -0.39 is 5.41 Å². The highest BCUT2D eigenvalue weighted by Gasteiger charge is 2.35. The van der Waals surface area contributed by atoms with Gasteiger partial charge in [0.2, 0.25) is 0 Å². The molecular formula is C14H21N3O2. The third-order valence-electron chi connectivity index (χ3n) is 3.74. The molecular weight excluding hydrogens is 242 g/mol. The summed E-state index contributed by atoms with van der Waals surface area (Å²) in [4.78, 5) is 22.9. The van der Waals surface area contributed by atoms with Gasteiger partial charge in [0, 0.05) is 24.4 Å². The van der Waals surface area contributed by atoms with E-state index in [1.807, 2.05) is 6.07 Å². The minimum Gasteiger partial charge on any atom is -0.468 e. The third-order valence-corrected chi connectivity index (χ3v) is 3.74. The van der Waals surface area contributed by atoms with Crippen molar-refractivity contribution < 1.29 is 9.53 Å². The topological polar surface area (TPSA) is 55.3 Å². The lowest BCUT2D eigenvalue weighted by Gasteiger charge is -2.21. The summed E-state index contributed by atoms with van der Waals surface area (Å²) in [5.41, 5.74) is 0.209. The molecule has 0 bridgehead atoms. The average molecular weight is 263 g/mol. The van der Waals surface area contributed by atoms with Crippen LogP contribution in [0.4, 0.5) is 0 Å². The van der Waals surface area contributed by atoms with Crippen LogP contribution in [0.5, 0.6) is 0 Å². The van der Waals surface area contributed by atoms with E-state index in [-0.39, 0.29) is 5.97 Å². The summed E-state index contributed by atoms with van der Waals surface area (Å²) in [5, 5.41) is 0. The number of carbonyl (C=O) groups excluding carboxylic acids is 1. The Hall–Kier alpha value is -1.49. The summed E-state index contributed by atoms with van der Waals surface area (Å²) < 4.78 is 4.82. The molecule has 1 unspecified atom stereocenters. The molecule has 0 amide bonds. The van der Waals surface area contributed by atoms with Gasteiger partial charge >= 0.3 is 5.97 Å². The van der Waals surface area contributed by atoms with Crippen molar-refractivity contribution in [3.63, 3.8) is 0 Å². The first-order valence-electron chi connectivity index (χ1n) is 6.55. The quantitative estimate of drug-likeness (QED) is 0.770. The van der Waals surface area contributed by atoms with Gasteiger partial charge < -0.3 is 9.64 Å². The molecule has 0 aromatic carbocycles. The molecule has 0 radical (unpaired) electrons. The minimum atomic E-state index is -0.810. The zero-order valence-corrected chi connectivity index (χ0v) is 12.0. The predicted octanol–water partition coefficient (Wildman–Crippen LogP) is 1.35. The van der Waals surface area contributed by atoms with E-state index in [9.17, 15) is 4.79 Å². The molecule has 1 fully saturated rings. The van der Waals surface area contributed by atoms with Crippen LogP contribution in [0.15, 0.2) is 12.3 Å². The molecule has 0 spiro atoms. The van der Waals surface area contributed by atoms with E-state index in [1.165, 1.54) is 7.11 Å². The van der Waals surface area contributed by atoms with Crippen LogP contribution in [0.2, 0.25) is 0 Å². The van der Waals surface area contributed by atoms with Crippen LogP contribution < -0.4 is 0 Å². The van der Waals surface area contributed by atoms with E-state index in [0.29, 0.717) is 11.7 Å². The van der Waals surface area contributed by atoms with Gasteiger partial charge in [0.1, 0.15) is 11.2 Å². The Balaban J connectivity index is 2.27. The van der Waals surface area contributed by atoms with Crippen LogP contribution in [0.25, 0.3) is 0 Å². The second-order valence-electron chi connectivity index (χ2n) is 5.67. The average Bonchev–Trinajstić information content (AvgIpc) is 2.84. The lowest BCUT2D eigenvalue weighted by atomic mass is 9.92. The summed E-state index contributed by atoms with van der Waals surface area (Å²) in [6.45, 7) is 5.68. The Labute approximate surface area is 114 Å². The number of likely N-dealkylation sites (N-methyl/N-ethyl adjacent to an activating group) is 1. The fourth-order valence-corrected chi connectivity index (χ4v) is 2.42. The van der Waals surface area contributed by atoms with Crippen molar-refractivity contribution in [1.29, 1.82) is 0 Å². The molecule has 2 rings (SSSR count). The molecule has 0 saturated carbocycles. The maximum Gasteiger partial charge on any atom is 0.318 e. The van der Waals surface area contributed by atoms with Crippen LogP contribution >= 0.6 is 0 Å². The zero-order chi connectivity index (χ0) is 14.0. The number of methoxy groups -OCH3 is 1. The second kappa shape index (κ2) is 5.25. The number of aromatic nitrogens is 2. The van der Waals surface area contributed by atoms with E-state index >= 15 is 0 Å². The smallest absolute Gasteiger partial charge is 0.318 e. The van der Waals surface area contributed by atoms with Crippen molar-refractivity contribution in [2.24, 2.45) is 0 Å². The van der Waals surface area contributed by atoms with Gasteiger partial charge in [0.05, 0.1) is 7.11 Å². The summed E-state index contributed by atoms with van der Waals surface area (Å²) in [7, 11) is 3.50. The van der Waals surface area contributed by atoms with E-state index in [2.05, 4.69) is 21.9 Å². The van der Waals surface area contributed by atoms with Crippen molar-refractivity contribution >= 4 is 5.97 Å². The molecule has 1 aliphatic rings. The third kappa shape index (κ3) is 2.76. The fraction of sp³-hybridized carbons (Fsp3) is 0.643. The molecule has 1 atom stereocenters. The monoisotopic (exact) mass is 263 g/mol. The number of carbonyl (C=O) groups is 1. The summed E-state index contributed by atoms with van der Waals surface area (Å²) >= 11 is 0. The summed E-state index contributed by atoms with van der Waals surface area (Å²) in [5.74, 6) is 0.653. The lowest BCUT2D eigenvalue weighted by molar-refractivity contribution is -0.146. The zero-order valence-electron chi connectivity index (χ0n) is 12.0. The molecule has 104 valence electrons. The van der Waals surface area contributed by atoms with Crippen LogP contribution in [-0.2, 0) is 14.9 Å². The van der Waals surface area contributed by atoms with Crippen molar-refractivity contribution in [3.8, 4) is 0 Å². The van der Waals surface area contributed by atoms with Gasteiger partial charge in [-0.15, -0.1) is 0 Å². The first kappa shape index (κ1) is 13.9. The fourth-order valence-electron chi connectivity index (χ4n) is 2.42. The van der Waals surface area contributed by atoms with Gasteiger partial charge in [-0.05, 0) is 39.9 Å². The highest BCUT2D eigenvalue weighted by molar-refractivity contribution is 5.80. The summed E-state index contributed by atoms with van der Waals surface area (Å²) in [6.07, 6.45) is 2.84. The molecule has 1 saturated heterocycles. The van der Waals surface area contributed by atoms with E-state index in [0.717, 1.165) is 25.2 Å². The maximum absolute atomic E-state index is 11.8. The molecule has 5 heteroatoms. The van der Waals surface area contributed by atoms with Crippen LogP contribution in [0.3, 0.4) is 0 Å². The van der Waals surface area contributed by atoms with Gasteiger partial charge in [0.15, 0.2) is 0 Å². The van der Waals surface area contributed by atoms with Crippen molar-refractivity contribution in [3.05, 3.63) is 23.8 Å². The van der Waals surface area contributed by atoms with Gasteiger partial charge in [-0.25, -0.2) is 9.97 Å². The Morgan fingerprint density at radius 3 is 2.84 bits per heavy atom. The molecule has 1 aliphatic heterocycles. The number of likely N-dealkylation sites (tertiary alicyclic amines) is 1. The largest absolute Gasteiger partial charge is 0.468 e. The lowest BCUT2D eigenvalue weighted by Crippen LogP contribution is -2.32. The highest BCUT2D eigenvalue weighted by atomic mass is 16.5. The first-order valence-corrected chi connectivity index (χ1v) is 6.55. The molecule has 0 N–H and O–H groups in total. The molecule has 0 aliphatic carbocycles. The minimum absolute atomic E-state index is 0.312. The van der Waals surface area contributed by atoms with Gasteiger partial charge in [-0.1, -0.05) is 0 Å². The second-order valence-corrected chi connectivity index (χ2v) is 5.67. The highest BCUT2D eigenvalue weighted by Crippen LogP contribution is 2.27. The normalized spacial score (nSPS) is 20.5. The number of esters is 1. The Morgan fingerprint density at radius 1 is 1.53 bits per heavy atom. The van der Waals surface area contributed by atoms with E-state index in [4.69, 9.17) is 4.74 Å². The van der Waals surface area contributed by atoms with Crippen molar-refractivity contribution in [2.75, 3.05) is 27.2 Å². The van der Waals surface area contributed by atoms with Crippen molar-refractivity contribution in [1.82, 2.24) is 14.9 Å². The Kier molecular flexibility index (Phi) is 3.85. The number of rotatable bonds is 3. The van der Waals surface area contributed by atoms with Crippen molar-refractivity contribution in [2.45, 2.75) is 31.6 Å². The predicted molar refractivity (Wildman–Crippen MR) is 71.9 cm³/mol. The van der Waals surface area contributed by atoms with Gasteiger partial charge in [-0.2, -0.15) is 0 Å². The Morgan fingerprint density at radius 2 is 2.26 bits per heavy atom. The van der Waals surface area contributed by atoms with Crippen LogP contribution in [0, 0.1) is 0 Å². The van der Waals surface area contributed by atoms with Gasteiger partial charge in [-0.3, -0.25) is 4.79 Å². The molecule has 1 aromatic heterocycles. The number of hydrogen-bond donors (Lipinski definition) is 0. The molecule has 19 heavy (non-hydrogen) atoms. The molecule has 5 nitrogen and oxygen atoms in total. The molecule has 1 aromatic rings. The Bertz CT molecular complexity index is 474. The van der Waals surface area contributed by atoms with E-state index in [1.54, 1.807) is 20.0 Å². The summed E-state index contributed by atoms with van der Waals surface area (Å²) in [6, 6.07) is 1.95. The number of nitrogens with zero attached hydrogens (tertiary/aromatic N) is 3. The molecule has 2 heterocycles. The first-order chi connectivity index (χ1) is 8.95. The maximum atomic E-state index is 11.8. The standard InChI is InChI=1S/C14H21N3O2/c1-14(2,13(18)19-4)12-15-7-5-11(16-12)10-6-8-17(3)9-10/h5,7,10H,6,8-9H2,1-4H3. The SMILES string of the molecule is COC(=O)C(C)(C)c1nccc(C2CCN(C)C2)n1.